The lowest BCUT2D eigenvalue weighted by molar-refractivity contribution is 0.299. The number of fused-ring (bicyclic) bond motifs is 9. The third-order valence-corrected chi connectivity index (χ3v) is 12.8. The predicted molar refractivity (Wildman–Crippen MR) is 236 cm³/mol. The Hall–Kier alpha value is -6.44. The Labute approximate surface area is 324 Å². The number of rotatable bonds is 5. The molecule has 10 rings (SSSR count). The Kier molecular flexibility index (Phi) is 7.58. The average molecular weight is 706 g/mol. The maximum absolute atomic E-state index is 2.44. The molecule has 0 aliphatic heterocycles. The normalized spacial score (nSPS) is 14.1. The van der Waals surface area contributed by atoms with Gasteiger partial charge in [-0.25, -0.2) is 0 Å². The fourth-order valence-corrected chi connectivity index (χ4v) is 9.24. The fraction of sp³-hybridized carbons (Fsp3) is 0.111. The third kappa shape index (κ3) is 5.14. The lowest BCUT2D eigenvalue weighted by Crippen LogP contribution is -2.43. The summed E-state index contributed by atoms with van der Waals surface area (Å²) in [5, 5.41) is 7.74. The molecule has 1 aliphatic rings. The fourth-order valence-electron chi connectivity index (χ4n) is 9.24. The molecule has 0 unspecified atom stereocenters. The van der Waals surface area contributed by atoms with E-state index in [4.69, 9.17) is 0 Å². The van der Waals surface area contributed by atoms with Crippen LogP contribution in [0.2, 0.25) is 0 Å². The van der Waals surface area contributed by atoms with Crippen LogP contribution in [0.25, 0.3) is 65.7 Å². The lowest BCUT2D eigenvalue weighted by atomic mass is 9.55. The van der Waals surface area contributed by atoms with Gasteiger partial charge in [0, 0.05) is 16.9 Å². The Bertz CT molecular complexity index is 2900. The van der Waals surface area contributed by atoms with Crippen molar-refractivity contribution >= 4 is 49.4 Å². The number of para-hydroxylation sites is 2. The molecule has 0 aromatic heterocycles. The molecule has 0 N–H and O–H groups in total. The third-order valence-electron chi connectivity index (χ3n) is 12.8. The van der Waals surface area contributed by atoms with Crippen molar-refractivity contribution in [1.82, 2.24) is 0 Å². The van der Waals surface area contributed by atoms with Gasteiger partial charge in [0.25, 0.3) is 0 Å². The quantitative estimate of drug-likeness (QED) is 0.161. The summed E-state index contributed by atoms with van der Waals surface area (Å²) in [6, 6.07) is 69.5. The van der Waals surface area contributed by atoms with Gasteiger partial charge in [-0.3, -0.25) is 0 Å². The van der Waals surface area contributed by atoms with E-state index in [0.717, 1.165) is 17.1 Å². The van der Waals surface area contributed by atoms with Crippen LogP contribution in [0.5, 0.6) is 0 Å². The van der Waals surface area contributed by atoms with E-state index < -0.39 is 0 Å². The van der Waals surface area contributed by atoms with Gasteiger partial charge in [0.2, 0.25) is 0 Å². The van der Waals surface area contributed by atoms with Crippen LogP contribution in [-0.2, 0) is 10.8 Å². The number of hydrogen-bond donors (Lipinski definition) is 0. The number of hydrogen-bond acceptors (Lipinski definition) is 1. The molecule has 0 saturated heterocycles. The molecule has 9 aromatic carbocycles. The summed E-state index contributed by atoms with van der Waals surface area (Å²) in [7, 11) is 0. The summed E-state index contributed by atoms with van der Waals surface area (Å²) in [6.07, 6.45) is 0. The van der Waals surface area contributed by atoms with E-state index in [1.807, 2.05) is 0 Å². The maximum atomic E-state index is 2.44. The highest BCUT2D eigenvalue weighted by molar-refractivity contribution is 6.25. The molecule has 9 aromatic rings. The zero-order chi connectivity index (χ0) is 37.3. The van der Waals surface area contributed by atoms with Crippen molar-refractivity contribution in [3.63, 3.8) is 0 Å². The molecule has 0 spiro atoms. The van der Waals surface area contributed by atoms with Crippen LogP contribution in [0.15, 0.2) is 188 Å². The van der Waals surface area contributed by atoms with Gasteiger partial charge in [-0.15, -0.1) is 0 Å². The number of anilines is 3. The molecule has 55 heavy (non-hydrogen) atoms. The van der Waals surface area contributed by atoms with E-state index in [0.29, 0.717) is 0 Å². The molecule has 0 atom stereocenters. The van der Waals surface area contributed by atoms with Crippen molar-refractivity contribution < 1.29 is 0 Å². The topological polar surface area (TPSA) is 3.24 Å². The van der Waals surface area contributed by atoms with Crippen molar-refractivity contribution in [1.29, 1.82) is 0 Å². The predicted octanol–water partition coefficient (Wildman–Crippen LogP) is 15.2. The number of benzene rings is 9. The zero-order valence-electron chi connectivity index (χ0n) is 31.8. The van der Waals surface area contributed by atoms with Gasteiger partial charge < -0.3 is 4.90 Å². The molecule has 0 fully saturated rings. The first-order valence-electron chi connectivity index (χ1n) is 19.4. The summed E-state index contributed by atoms with van der Waals surface area (Å²) >= 11 is 0. The summed E-state index contributed by atoms with van der Waals surface area (Å²) in [5.41, 5.74) is 13.6. The second-order valence-corrected chi connectivity index (χ2v) is 16.1. The van der Waals surface area contributed by atoms with E-state index in [9.17, 15) is 0 Å². The summed E-state index contributed by atoms with van der Waals surface area (Å²) in [5.74, 6) is 0. The Balaban J connectivity index is 1.13. The zero-order valence-corrected chi connectivity index (χ0v) is 31.8. The number of nitrogens with zero attached hydrogens (tertiary/aromatic N) is 1. The molecule has 264 valence electrons. The maximum Gasteiger partial charge on any atom is 0.0540 e. The van der Waals surface area contributed by atoms with Crippen molar-refractivity contribution in [2.24, 2.45) is 0 Å². The second kappa shape index (κ2) is 12.6. The lowest BCUT2D eigenvalue weighted by Gasteiger charge is -2.48. The molecular formula is C54H43N. The van der Waals surface area contributed by atoms with Gasteiger partial charge >= 0.3 is 0 Å². The molecule has 0 amide bonds. The van der Waals surface area contributed by atoms with Gasteiger partial charge in [0.05, 0.1) is 5.69 Å². The standard InChI is InChI=1S/C54H43N/c1-53(2)50-27-14-12-26-47(50)49-35-38(30-32-51(49)54(53,3)4)41-21-13-15-28-52(41)55(39-18-6-5-7-19-39)40-20-16-17-36(33-40)37-29-31-46-44-24-9-8-22-42(44)43-23-10-11-25-45(43)48(46)34-37/h5-35H,1-4H3. The first kappa shape index (κ1) is 33.2. The van der Waals surface area contributed by atoms with E-state index in [1.54, 1.807) is 0 Å². The Morgan fingerprint density at radius 3 is 1.53 bits per heavy atom. The average Bonchev–Trinajstić information content (AvgIpc) is 3.24. The first-order chi connectivity index (χ1) is 26.8. The SMILES string of the molecule is CC1(C)c2ccccc2-c2cc(-c3ccccc3N(c3ccccc3)c3cccc(-c4ccc5c6ccccc6c6ccccc6c5c4)c3)ccc2C1(C)C. The molecule has 0 radical (unpaired) electrons. The molecule has 1 heteroatoms. The van der Waals surface area contributed by atoms with E-state index in [-0.39, 0.29) is 10.8 Å². The Morgan fingerprint density at radius 1 is 0.309 bits per heavy atom. The minimum atomic E-state index is -0.0343. The van der Waals surface area contributed by atoms with E-state index >= 15 is 0 Å². The minimum absolute atomic E-state index is 0.00291. The smallest absolute Gasteiger partial charge is 0.0540 e. The van der Waals surface area contributed by atoms with Gasteiger partial charge in [-0.2, -0.15) is 0 Å². The highest BCUT2D eigenvalue weighted by Gasteiger charge is 2.45. The molecule has 0 saturated carbocycles. The second-order valence-electron chi connectivity index (χ2n) is 16.1. The van der Waals surface area contributed by atoms with Gasteiger partial charge in [0.15, 0.2) is 0 Å². The highest BCUT2D eigenvalue weighted by atomic mass is 15.1. The van der Waals surface area contributed by atoms with Crippen LogP contribution in [0, 0.1) is 0 Å². The first-order valence-corrected chi connectivity index (χ1v) is 19.4. The largest absolute Gasteiger partial charge is 0.310 e. The summed E-state index contributed by atoms with van der Waals surface area (Å²) < 4.78 is 0. The van der Waals surface area contributed by atoms with Crippen molar-refractivity contribution in [3.05, 3.63) is 199 Å². The molecule has 0 heterocycles. The molecule has 1 aliphatic carbocycles. The highest BCUT2D eigenvalue weighted by Crippen LogP contribution is 2.55. The van der Waals surface area contributed by atoms with E-state index in [1.165, 1.54) is 76.8 Å². The monoisotopic (exact) mass is 705 g/mol. The van der Waals surface area contributed by atoms with Crippen LogP contribution in [0.1, 0.15) is 38.8 Å². The van der Waals surface area contributed by atoms with Gasteiger partial charge in [-0.1, -0.05) is 173 Å². The van der Waals surface area contributed by atoms with Crippen LogP contribution >= 0.6 is 0 Å². The minimum Gasteiger partial charge on any atom is -0.310 e. The van der Waals surface area contributed by atoms with E-state index in [2.05, 4.69) is 221 Å². The van der Waals surface area contributed by atoms with Crippen LogP contribution in [0.3, 0.4) is 0 Å². The van der Waals surface area contributed by atoms with Crippen molar-refractivity contribution in [3.8, 4) is 33.4 Å². The van der Waals surface area contributed by atoms with Crippen molar-refractivity contribution in [2.45, 2.75) is 38.5 Å². The molecule has 0 bridgehead atoms. The molecule has 1 nitrogen and oxygen atoms in total. The van der Waals surface area contributed by atoms with Gasteiger partial charge in [-0.05, 0) is 125 Å². The summed E-state index contributed by atoms with van der Waals surface area (Å²) in [4.78, 5) is 2.42. The van der Waals surface area contributed by atoms with Crippen LogP contribution in [-0.4, -0.2) is 0 Å². The van der Waals surface area contributed by atoms with Crippen molar-refractivity contribution in [2.75, 3.05) is 4.90 Å². The molecular weight excluding hydrogens is 663 g/mol. The van der Waals surface area contributed by atoms with Crippen LogP contribution in [0.4, 0.5) is 17.1 Å². The van der Waals surface area contributed by atoms with Gasteiger partial charge in [0.1, 0.15) is 0 Å². The Morgan fingerprint density at radius 2 is 0.818 bits per heavy atom. The van der Waals surface area contributed by atoms with Crippen LogP contribution < -0.4 is 4.90 Å². The summed E-state index contributed by atoms with van der Waals surface area (Å²) in [6.45, 7) is 9.59.